The largest absolute Gasteiger partial charge is 0.304 e. The summed E-state index contributed by atoms with van der Waals surface area (Å²) in [5.74, 6) is 0.0776. The van der Waals surface area contributed by atoms with E-state index in [1.54, 1.807) is 6.20 Å². The van der Waals surface area contributed by atoms with Crippen LogP contribution in [0.5, 0.6) is 0 Å². The third-order valence-electron chi connectivity index (χ3n) is 2.21. The lowest BCUT2D eigenvalue weighted by atomic mass is 10.2. The van der Waals surface area contributed by atoms with Crippen molar-refractivity contribution in [3.8, 4) is 0 Å². The van der Waals surface area contributed by atoms with Gasteiger partial charge in [0.05, 0.1) is 5.25 Å². The Morgan fingerprint density at radius 3 is 3.19 bits per heavy atom. The fourth-order valence-corrected chi connectivity index (χ4v) is 2.98. The summed E-state index contributed by atoms with van der Waals surface area (Å²) in [5, 5.41) is 6.06. The Kier molecular flexibility index (Phi) is 3.95. The highest BCUT2D eigenvalue weighted by atomic mass is 32.2. The SMILES string of the molecule is CCCCC1S/C(=N\c2nccs2)NC1=O. The first-order valence-corrected chi connectivity index (χ1v) is 7.01. The van der Waals surface area contributed by atoms with Crippen molar-refractivity contribution in [3.05, 3.63) is 11.6 Å². The van der Waals surface area contributed by atoms with Crippen LogP contribution in [-0.2, 0) is 4.79 Å². The van der Waals surface area contributed by atoms with Gasteiger partial charge in [0.2, 0.25) is 11.0 Å². The van der Waals surface area contributed by atoms with Gasteiger partial charge in [0.1, 0.15) is 0 Å². The molecule has 0 bridgehead atoms. The van der Waals surface area contributed by atoms with Gasteiger partial charge in [0.25, 0.3) is 0 Å². The smallest absolute Gasteiger partial charge is 0.239 e. The second kappa shape index (κ2) is 5.45. The third-order valence-corrected chi connectivity index (χ3v) is 4.03. The van der Waals surface area contributed by atoms with Crippen molar-refractivity contribution >= 4 is 39.3 Å². The molecule has 0 saturated carbocycles. The van der Waals surface area contributed by atoms with Crippen LogP contribution >= 0.6 is 23.1 Å². The van der Waals surface area contributed by atoms with Crippen LogP contribution in [0.2, 0.25) is 0 Å². The lowest BCUT2D eigenvalue weighted by Crippen LogP contribution is -2.24. The minimum Gasteiger partial charge on any atom is -0.304 e. The molecular formula is C10H13N3OS2. The molecule has 1 N–H and O–H groups in total. The number of amides is 1. The van der Waals surface area contributed by atoms with Crippen LogP contribution in [0.3, 0.4) is 0 Å². The van der Waals surface area contributed by atoms with Gasteiger partial charge in [-0.2, -0.15) is 4.99 Å². The van der Waals surface area contributed by atoms with E-state index in [0.717, 1.165) is 19.3 Å². The minimum absolute atomic E-state index is 0.0265. The number of thioether (sulfide) groups is 1. The van der Waals surface area contributed by atoms with Gasteiger partial charge in [0.15, 0.2) is 5.17 Å². The van der Waals surface area contributed by atoms with Crippen molar-refractivity contribution < 1.29 is 4.79 Å². The normalized spacial score (nSPS) is 22.7. The van der Waals surface area contributed by atoms with E-state index in [1.807, 2.05) is 5.38 Å². The molecular weight excluding hydrogens is 242 g/mol. The van der Waals surface area contributed by atoms with Crippen molar-refractivity contribution in [2.45, 2.75) is 31.4 Å². The molecule has 1 aliphatic rings. The highest BCUT2D eigenvalue weighted by molar-refractivity contribution is 8.15. The van der Waals surface area contributed by atoms with Gasteiger partial charge in [-0.1, -0.05) is 31.5 Å². The first kappa shape index (κ1) is 11.6. The van der Waals surface area contributed by atoms with Crippen LogP contribution in [0.4, 0.5) is 5.13 Å². The standard InChI is InChI=1S/C10H13N3OS2/c1-2-3-4-7-8(14)12-10(16-7)13-9-11-5-6-15-9/h5-7H,2-4H2,1H3,(H,11,12,13,14). The summed E-state index contributed by atoms with van der Waals surface area (Å²) >= 11 is 2.98. The second-order valence-electron chi connectivity index (χ2n) is 3.47. The molecule has 1 atom stereocenters. The Hall–Kier alpha value is -0.880. The second-order valence-corrected chi connectivity index (χ2v) is 5.53. The first-order valence-electron chi connectivity index (χ1n) is 5.25. The van der Waals surface area contributed by atoms with E-state index in [9.17, 15) is 4.79 Å². The van der Waals surface area contributed by atoms with E-state index in [1.165, 1.54) is 23.1 Å². The molecule has 1 amide bonds. The zero-order valence-electron chi connectivity index (χ0n) is 8.97. The highest BCUT2D eigenvalue weighted by Gasteiger charge is 2.29. The lowest BCUT2D eigenvalue weighted by Gasteiger charge is -2.01. The predicted molar refractivity (Wildman–Crippen MR) is 68.3 cm³/mol. The number of nitrogens with zero attached hydrogens (tertiary/aromatic N) is 2. The average molecular weight is 255 g/mol. The number of thiazole rings is 1. The fourth-order valence-electron chi connectivity index (χ4n) is 1.40. The maximum Gasteiger partial charge on any atom is 0.239 e. The number of hydrogen-bond donors (Lipinski definition) is 1. The minimum atomic E-state index is 0.0265. The Bertz CT molecular complexity index is 389. The monoisotopic (exact) mass is 255 g/mol. The van der Waals surface area contributed by atoms with Crippen LogP contribution in [0.25, 0.3) is 0 Å². The first-order chi connectivity index (χ1) is 7.79. The molecule has 1 aliphatic heterocycles. The molecule has 1 unspecified atom stereocenters. The van der Waals surface area contributed by atoms with Crippen LogP contribution in [0.1, 0.15) is 26.2 Å². The van der Waals surface area contributed by atoms with Crippen molar-refractivity contribution in [1.29, 1.82) is 0 Å². The number of carbonyl (C=O) groups excluding carboxylic acids is 1. The molecule has 1 saturated heterocycles. The molecule has 16 heavy (non-hydrogen) atoms. The van der Waals surface area contributed by atoms with Gasteiger partial charge in [-0.05, 0) is 6.42 Å². The Labute approximate surface area is 103 Å². The van der Waals surface area contributed by atoms with E-state index >= 15 is 0 Å². The molecule has 4 nitrogen and oxygen atoms in total. The third kappa shape index (κ3) is 2.82. The number of aliphatic imine (C=N–C) groups is 1. The van der Waals surface area contributed by atoms with E-state index < -0.39 is 0 Å². The number of hydrogen-bond acceptors (Lipinski definition) is 5. The van der Waals surface area contributed by atoms with Gasteiger partial charge in [-0.25, -0.2) is 4.98 Å². The molecule has 2 rings (SSSR count). The number of carbonyl (C=O) groups is 1. The van der Waals surface area contributed by atoms with E-state index in [2.05, 4.69) is 22.2 Å². The molecule has 6 heteroatoms. The number of unbranched alkanes of at least 4 members (excludes halogenated alkanes) is 1. The quantitative estimate of drug-likeness (QED) is 0.899. The number of nitrogens with one attached hydrogen (secondary N) is 1. The molecule has 1 aromatic heterocycles. The van der Waals surface area contributed by atoms with E-state index in [-0.39, 0.29) is 11.2 Å². The summed E-state index contributed by atoms with van der Waals surface area (Å²) < 4.78 is 0. The van der Waals surface area contributed by atoms with Crippen molar-refractivity contribution in [2.24, 2.45) is 4.99 Å². The number of amidine groups is 1. The summed E-state index contributed by atoms with van der Waals surface area (Å²) in [7, 11) is 0. The Morgan fingerprint density at radius 1 is 1.62 bits per heavy atom. The number of rotatable bonds is 4. The maximum absolute atomic E-state index is 11.6. The molecule has 0 aliphatic carbocycles. The molecule has 86 valence electrons. The van der Waals surface area contributed by atoms with E-state index in [0.29, 0.717) is 10.3 Å². The molecule has 2 heterocycles. The van der Waals surface area contributed by atoms with E-state index in [4.69, 9.17) is 0 Å². The summed E-state index contributed by atoms with van der Waals surface area (Å²) in [6.07, 6.45) is 4.82. The fraction of sp³-hybridized carbons (Fsp3) is 0.500. The summed E-state index contributed by atoms with van der Waals surface area (Å²) in [6.45, 7) is 2.13. The highest BCUT2D eigenvalue weighted by Crippen LogP contribution is 2.26. The van der Waals surface area contributed by atoms with Crippen LogP contribution in [0.15, 0.2) is 16.6 Å². The predicted octanol–water partition coefficient (Wildman–Crippen LogP) is 2.55. The van der Waals surface area contributed by atoms with Crippen molar-refractivity contribution in [3.63, 3.8) is 0 Å². The molecule has 0 spiro atoms. The summed E-state index contributed by atoms with van der Waals surface area (Å²) in [5.41, 5.74) is 0. The van der Waals surface area contributed by atoms with Crippen LogP contribution < -0.4 is 5.32 Å². The van der Waals surface area contributed by atoms with Gasteiger partial charge in [-0.15, -0.1) is 11.3 Å². The lowest BCUT2D eigenvalue weighted by molar-refractivity contribution is -0.118. The van der Waals surface area contributed by atoms with Gasteiger partial charge in [0, 0.05) is 11.6 Å². The maximum atomic E-state index is 11.6. The topological polar surface area (TPSA) is 54.4 Å². The van der Waals surface area contributed by atoms with Gasteiger partial charge < -0.3 is 5.32 Å². The summed E-state index contributed by atoms with van der Waals surface area (Å²) in [6, 6.07) is 0. The molecule has 0 radical (unpaired) electrons. The van der Waals surface area contributed by atoms with Crippen molar-refractivity contribution in [2.75, 3.05) is 0 Å². The summed E-state index contributed by atoms with van der Waals surface area (Å²) in [4.78, 5) is 19.9. The molecule has 1 fully saturated rings. The molecule has 1 aromatic rings. The van der Waals surface area contributed by atoms with Crippen LogP contribution in [-0.4, -0.2) is 21.3 Å². The van der Waals surface area contributed by atoms with Gasteiger partial charge >= 0.3 is 0 Å². The van der Waals surface area contributed by atoms with Crippen LogP contribution in [0, 0.1) is 0 Å². The number of aromatic nitrogens is 1. The van der Waals surface area contributed by atoms with Gasteiger partial charge in [-0.3, -0.25) is 4.79 Å². The average Bonchev–Trinajstić information content (AvgIpc) is 2.86. The zero-order chi connectivity index (χ0) is 11.4. The Balaban J connectivity index is 1.98. The Morgan fingerprint density at radius 2 is 2.50 bits per heavy atom. The zero-order valence-corrected chi connectivity index (χ0v) is 10.6. The van der Waals surface area contributed by atoms with Crippen molar-refractivity contribution in [1.82, 2.24) is 10.3 Å². The molecule has 0 aromatic carbocycles.